The molecule has 1 N–H and O–H groups in total. The van der Waals surface area contributed by atoms with Crippen LogP contribution in [0.1, 0.15) is 97.8 Å². The Morgan fingerprint density at radius 2 is 1.58 bits per heavy atom. The Labute approximate surface area is 121 Å². The van der Waals surface area contributed by atoms with Gasteiger partial charge in [-0.05, 0) is 30.6 Å². The van der Waals surface area contributed by atoms with Crippen molar-refractivity contribution in [1.29, 1.82) is 0 Å². The van der Waals surface area contributed by atoms with Gasteiger partial charge >= 0.3 is 0 Å². The molecule has 1 nitrogen and oxygen atoms in total. The van der Waals surface area contributed by atoms with Crippen LogP contribution in [0.4, 0.5) is 0 Å². The molecule has 0 radical (unpaired) electrons. The third-order valence-electron chi connectivity index (χ3n) is 5.16. The number of hydrogen-bond donors (Lipinski definition) is 1. The molecule has 1 heteroatoms. The lowest BCUT2D eigenvalue weighted by Crippen LogP contribution is -2.29. The lowest BCUT2D eigenvalue weighted by molar-refractivity contribution is 0.0455. The van der Waals surface area contributed by atoms with Crippen LogP contribution in [0.3, 0.4) is 0 Å². The molecule has 2 atom stereocenters. The van der Waals surface area contributed by atoms with E-state index in [2.05, 4.69) is 20.8 Å². The maximum atomic E-state index is 10.4. The number of hydrogen-bond acceptors (Lipinski definition) is 1. The van der Waals surface area contributed by atoms with Gasteiger partial charge in [0, 0.05) is 0 Å². The largest absolute Gasteiger partial charge is 0.393 e. The van der Waals surface area contributed by atoms with Crippen molar-refractivity contribution in [2.75, 3.05) is 0 Å². The van der Waals surface area contributed by atoms with E-state index >= 15 is 0 Å². The van der Waals surface area contributed by atoms with Gasteiger partial charge in [-0.25, -0.2) is 0 Å². The summed E-state index contributed by atoms with van der Waals surface area (Å²) in [6.07, 6.45) is 15.7. The highest BCUT2D eigenvalue weighted by atomic mass is 16.3. The first-order valence-corrected chi connectivity index (χ1v) is 8.76. The molecule has 0 aromatic heterocycles. The van der Waals surface area contributed by atoms with Crippen LogP contribution >= 0.6 is 0 Å². The van der Waals surface area contributed by atoms with Crippen LogP contribution in [0.5, 0.6) is 0 Å². The minimum Gasteiger partial charge on any atom is -0.393 e. The molecule has 1 aliphatic carbocycles. The SMILES string of the molecule is CCCCCCCCCCC(O)C1CCCC1(C)C. The third-order valence-corrected chi connectivity index (χ3v) is 5.16. The van der Waals surface area contributed by atoms with Gasteiger partial charge < -0.3 is 5.11 Å². The normalized spacial score (nSPS) is 23.7. The molecule has 0 aliphatic heterocycles. The fourth-order valence-electron chi connectivity index (χ4n) is 3.76. The molecule has 1 rings (SSSR count). The third kappa shape index (κ3) is 6.29. The summed E-state index contributed by atoms with van der Waals surface area (Å²) in [5.41, 5.74) is 0.375. The second kappa shape index (κ2) is 9.00. The van der Waals surface area contributed by atoms with Gasteiger partial charge in [-0.3, -0.25) is 0 Å². The van der Waals surface area contributed by atoms with Crippen molar-refractivity contribution in [3.63, 3.8) is 0 Å². The molecular formula is C18H36O. The van der Waals surface area contributed by atoms with Crippen LogP contribution in [0.15, 0.2) is 0 Å². The molecule has 0 aromatic carbocycles. The Bertz CT molecular complexity index is 222. The van der Waals surface area contributed by atoms with Crippen LogP contribution in [0.2, 0.25) is 0 Å². The molecule has 0 heterocycles. The second-order valence-electron chi connectivity index (χ2n) is 7.32. The lowest BCUT2D eigenvalue weighted by atomic mass is 9.77. The number of rotatable bonds is 10. The molecule has 114 valence electrons. The van der Waals surface area contributed by atoms with E-state index in [4.69, 9.17) is 0 Å². The minimum absolute atomic E-state index is 0.0439. The first kappa shape index (κ1) is 17.0. The van der Waals surface area contributed by atoms with E-state index in [-0.39, 0.29) is 6.10 Å². The first-order chi connectivity index (χ1) is 9.08. The van der Waals surface area contributed by atoms with Crippen molar-refractivity contribution >= 4 is 0 Å². The van der Waals surface area contributed by atoms with E-state index < -0.39 is 0 Å². The first-order valence-electron chi connectivity index (χ1n) is 8.76. The Morgan fingerprint density at radius 1 is 1.00 bits per heavy atom. The van der Waals surface area contributed by atoms with Gasteiger partial charge in [0.25, 0.3) is 0 Å². The zero-order valence-electron chi connectivity index (χ0n) is 13.6. The Kier molecular flexibility index (Phi) is 8.06. The molecule has 1 fully saturated rings. The van der Waals surface area contributed by atoms with Crippen LogP contribution in [-0.2, 0) is 0 Å². The number of unbranched alkanes of at least 4 members (excludes halogenated alkanes) is 7. The van der Waals surface area contributed by atoms with Gasteiger partial charge in [-0.1, -0.05) is 78.6 Å². The van der Waals surface area contributed by atoms with E-state index in [9.17, 15) is 5.11 Å². The monoisotopic (exact) mass is 268 g/mol. The summed E-state index contributed by atoms with van der Waals surface area (Å²) in [5, 5.41) is 10.4. The topological polar surface area (TPSA) is 20.2 Å². The average Bonchev–Trinajstić information content (AvgIpc) is 2.72. The Morgan fingerprint density at radius 3 is 2.11 bits per heavy atom. The predicted octanol–water partition coefficient (Wildman–Crippen LogP) is 5.70. The molecule has 0 saturated heterocycles. The quantitative estimate of drug-likeness (QED) is 0.503. The van der Waals surface area contributed by atoms with E-state index in [0.717, 1.165) is 6.42 Å². The van der Waals surface area contributed by atoms with E-state index in [1.54, 1.807) is 0 Å². The fraction of sp³-hybridized carbons (Fsp3) is 1.00. The van der Waals surface area contributed by atoms with E-state index in [0.29, 0.717) is 11.3 Å². The van der Waals surface area contributed by atoms with Crippen molar-refractivity contribution < 1.29 is 5.11 Å². The lowest BCUT2D eigenvalue weighted by Gasteiger charge is -2.31. The zero-order chi connectivity index (χ0) is 14.1. The maximum absolute atomic E-state index is 10.4. The van der Waals surface area contributed by atoms with Crippen LogP contribution in [0, 0.1) is 11.3 Å². The summed E-state index contributed by atoms with van der Waals surface area (Å²) >= 11 is 0. The Balaban J connectivity index is 2.00. The minimum atomic E-state index is -0.0439. The fourth-order valence-corrected chi connectivity index (χ4v) is 3.76. The summed E-state index contributed by atoms with van der Waals surface area (Å²) in [5.74, 6) is 0.553. The summed E-state index contributed by atoms with van der Waals surface area (Å²) < 4.78 is 0. The summed E-state index contributed by atoms with van der Waals surface area (Å²) in [6, 6.07) is 0. The van der Waals surface area contributed by atoms with E-state index in [1.807, 2.05) is 0 Å². The molecule has 1 saturated carbocycles. The van der Waals surface area contributed by atoms with Gasteiger partial charge in [-0.15, -0.1) is 0 Å². The summed E-state index contributed by atoms with van der Waals surface area (Å²) in [7, 11) is 0. The predicted molar refractivity (Wildman–Crippen MR) is 84.4 cm³/mol. The van der Waals surface area contributed by atoms with Crippen LogP contribution < -0.4 is 0 Å². The van der Waals surface area contributed by atoms with Crippen molar-refractivity contribution in [3.8, 4) is 0 Å². The summed E-state index contributed by atoms with van der Waals surface area (Å²) in [6.45, 7) is 6.94. The highest BCUT2D eigenvalue weighted by Gasteiger charge is 2.38. The molecule has 0 bridgehead atoms. The molecule has 2 unspecified atom stereocenters. The molecular weight excluding hydrogens is 232 g/mol. The highest BCUT2D eigenvalue weighted by Crippen LogP contribution is 2.45. The number of aliphatic hydroxyl groups excluding tert-OH is 1. The van der Waals surface area contributed by atoms with Gasteiger partial charge in [0.2, 0.25) is 0 Å². The van der Waals surface area contributed by atoms with Gasteiger partial charge in [0.05, 0.1) is 6.10 Å². The van der Waals surface area contributed by atoms with Gasteiger partial charge in [0.1, 0.15) is 0 Å². The maximum Gasteiger partial charge on any atom is 0.0573 e. The highest BCUT2D eigenvalue weighted by molar-refractivity contribution is 4.88. The zero-order valence-corrected chi connectivity index (χ0v) is 13.6. The van der Waals surface area contributed by atoms with Crippen molar-refractivity contribution in [2.24, 2.45) is 11.3 Å². The van der Waals surface area contributed by atoms with Crippen LogP contribution in [0.25, 0.3) is 0 Å². The standard InChI is InChI=1S/C18H36O/c1-4-5-6-7-8-9-10-11-14-17(19)16-13-12-15-18(16,2)3/h16-17,19H,4-15H2,1-3H3. The Hall–Kier alpha value is -0.0400. The van der Waals surface area contributed by atoms with Gasteiger partial charge in [0.15, 0.2) is 0 Å². The van der Waals surface area contributed by atoms with Gasteiger partial charge in [-0.2, -0.15) is 0 Å². The van der Waals surface area contributed by atoms with Crippen LogP contribution in [-0.4, -0.2) is 11.2 Å². The molecule has 0 aromatic rings. The van der Waals surface area contributed by atoms with E-state index in [1.165, 1.54) is 70.6 Å². The second-order valence-corrected chi connectivity index (χ2v) is 7.32. The molecule has 0 spiro atoms. The van der Waals surface area contributed by atoms with Crippen molar-refractivity contribution in [2.45, 2.75) is 104 Å². The number of aliphatic hydroxyl groups is 1. The average molecular weight is 268 g/mol. The smallest absolute Gasteiger partial charge is 0.0573 e. The van der Waals surface area contributed by atoms with Crippen molar-refractivity contribution in [3.05, 3.63) is 0 Å². The molecule has 1 aliphatic rings. The van der Waals surface area contributed by atoms with Crippen molar-refractivity contribution in [1.82, 2.24) is 0 Å². The molecule has 19 heavy (non-hydrogen) atoms. The summed E-state index contributed by atoms with van der Waals surface area (Å²) in [4.78, 5) is 0. The molecule has 0 amide bonds.